The van der Waals surface area contributed by atoms with E-state index in [0.29, 0.717) is 23.5 Å². The van der Waals surface area contributed by atoms with Gasteiger partial charge >= 0.3 is 0 Å². The largest absolute Gasteiger partial charge is 0.497 e. The van der Waals surface area contributed by atoms with Crippen LogP contribution < -0.4 is 14.8 Å². The van der Waals surface area contributed by atoms with E-state index in [1.54, 1.807) is 44.4 Å². The van der Waals surface area contributed by atoms with E-state index in [2.05, 4.69) is 21.9 Å². The van der Waals surface area contributed by atoms with Gasteiger partial charge in [0, 0.05) is 17.8 Å². The third kappa shape index (κ3) is 6.46. The van der Waals surface area contributed by atoms with Gasteiger partial charge in [0.15, 0.2) is 0 Å². The van der Waals surface area contributed by atoms with Gasteiger partial charge in [-0.2, -0.15) is 0 Å². The van der Waals surface area contributed by atoms with Gasteiger partial charge in [-0.1, -0.05) is 13.0 Å². The van der Waals surface area contributed by atoms with Crippen LogP contribution in [-0.2, 0) is 10.0 Å². The summed E-state index contributed by atoms with van der Waals surface area (Å²) in [7, 11) is -2.28. The van der Waals surface area contributed by atoms with Gasteiger partial charge in [-0.3, -0.25) is 9.52 Å². The molecule has 0 radical (unpaired) electrons. The van der Waals surface area contributed by atoms with Crippen LogP contribution in [-0.4, -0.2) is 52.5 Å². The predicted molar refractivity (Wildman–Crippen MR) is 127 cm³/mol. The van der Waals surface area contributed by atoms with E-state index >= 15 is 0 Å². The van der Waals surface area contributed by atoms with Crippen LogP contribution in [0.15, 0.2) is 47.4 Å². The van der Waals surface area contributed by atoms with Crippen LogP contribution in [0, 0.1) is 12.8 Å². The molecule has 1 heterocycles. The third-order valence-corrected chi connectivity index (χ3v) is 7.30. The van der Waals surface area contributed by atoms with Gasteiger partial charge in [-0.15, -0.1) is 0 Å². The summed E-state index contributed by atoms with van der Waals surface area (Å²) < 4.78 is 33.3. The summed E-state index contributed by atoms with van der Waals surface area (Å²) in [6.07, 6.45) is 3.34. The molecule has 0 aliphatic carbocycles. The van der Waals surface area contributed by atoms with Gasteiger partial charge in [0.25, 0.3) is 15.9 Å². The van der Waals surface area contributed by atoms with Crippen molar-refractivity contribution in [1.29, 1.82) is 0 Å². The molecule has 1 amide bonds. The Balaban J connectivity index is 1.59. The maximum atomic E-state index is 12.8. The van der Waals surface area contributed by atoms with Gasteiger partial charge in [0.1, 0.15) is 5.75 Å². The molecule has 2 aromatic carbocycles. The zero-order valence-electron chi connectivity index (χ0n) is 19.1. The zero-order valence-corrected chi connectivity index (χ0v) is 19.9. The van der Waals surface area contributed by atoms with Crippen LogP contribution in [0.3, 0.4) is 0 Å². The Hall–Kier alpha value is -2.58. The molecule has 2 aromatic rings. The Bertz CT molecular complexity index is 1010. The fourth-order valence-corrected chi connectivity index (χ4v) is 4.86. The lowest BCUT2D eigenvalue weighted by Gasteiger charge is -2.30. The molecule has 0 spiro atoms. The molecule has 1 aliphatic heterocycles. The number of nitrogens with one attached hydrogen (secondary N) is 2. The predicted octanol–water partition coefficient (Wildman–Crippen LogP) is 3.66. The van der Waals surface area contributed by atoms with Crippen LogP contribution in [0.5, 0.6) is 5.75 Å². The molecule has 0 atom stereocenters. The highest BCUT2D eigenvalue weighted by atomic mass is 32.2. The molecule has 174 valence electrons. The summed E-state index contributed by atoms with van der Waals surface area (Å²) in [6.45, 7) is 7.86. The fraction of sp³-hybridized carbons (Fsp3) is 0.458. The number of amides is 1. The number of aryl methyl sites for hydroxylation is 1. The number of carbonyl (C=O) groups is 1. The topological polar surface area (TPSA) is 87.7 Å². The highest BCUT2D eigenvalue weighted by Crippen LogP contribution is 2.21. The summed E-state index contributed by atoms with van der Waals surface area (Å²) in [5.41, 5.74) is 1.52. The number of benzene rings is 2. The summed E-state index contributed by atoms with van der Waals surface area (Å²) in [6, 6.07) is 11.2. The van der Waals surface area contributed by atoms with E-state index in [0.717, 1.165) is 37.5 Å². The Labute approximate surface area is 191 Å². The van der Waals surface area contributed by atoms with Gasteiger partial charge in [0.05, 0.1) is 12.0 Å². The minimum Gasteiger partial charge on any atom is -0.497 e. The van der Waals surface area contributed by atoms with Crippen molar-refractivity contribution in [3.8, 4) is 5.75 Å². The lowest BCUT2D eigenvalue weighted by Crippen LogP contribution is -2.35. The minimum atomic E-state index is -3.83. The van der Waals surface area contributed by atoms with Crippen molar-refractivity contribution in [3.63, 3.8) is 0 Å². The molecule has 0 aromatic heterocycles. The summed E-state index contributed by atoms with van der Waals surface area (Å²) >= 11 is 0. The Kier molecular flexibility index (Phi) is 8.15. The van der Waals surface area contributed by atoms with Crippen molar-refractivity contribution in [1.82, 2.24) is 10.2 Å². The Morgan fingerprint density at radius 2 is 1.81 bits per heavy atom. The molecule has 0 saturated carbocycles. The molecule has 3 rings (SSSR count). The highest BCUT2D eigenvalue weighted by Gasteiger charge is 2.19. The first-order valence-corrected chi connectivity index (χ1v) is 12.5. The molecular weight excluding hydrogens is 426 g/mol. The van der Waals surface area contributed by atoms with Crippen LogP contribution in [0.1, 0.15) is 42.1 Å². The maximum Gasteiger partial charge on any atom is 0.261 e. The third-order valence-electron chi connectivity index (χ3n) is 5.92. The van der Waals surface area contributed by atoms with Gasteiger partial charge in [0.2, 0.25) is 0 Å². The van der Waals surface area contributed by atoms with Crippen LogP contribution in [0.25, 0.3) is 0 Å². The second kappa shape index (κ2) is 10.8. The van der Waals surface area contributed by atoms with Gasteiger partial charge in [-0.05, 0) is 93.7 Å². The monoisotopic (exact) mass is 459 g/mol. The van der Waals surface area contributed by atoms with E-state index in [9.17, 15) is 13.2 Å². The molecule has 1 fully saturated rings. The van der Waals surface area contributed by atoms with Crippen molar-refractivity contribution in [2.45, 2.75) is 38.0 Å². The van der Waals surface area contributed by atoms with Crippen LogP contribution >= 0.6 is 0 Å². The Morgan fingerprint density at radius 3 is 2.47 bits per heavy atom. The summed E-state index contributed by atoms with van der Waals surface area (Å²) in [5.74, 6) is 1.19. The smallest absolute Gasteiger partial charge is 0.261 e. The molecular formula is C24H33N3O4S. The SMILES string of the molecule is COc1ccc(NS(=O)(=O)c2ccc(C)c(C(=O)NCCCN3CCC(C)CC3)c2)cc1. The Morgan fingerprint density at radius 1 is 1.12 bits per heavy atom. The number of methoxy groups -OCH3 is 1. The molecule has 7 nitrogen and oxygen atoms in total. The molecule has 1 aliphatic rings. The van der Waals surface area contributed by atoms with Crippen LogP contribution in [0.2, 0.25) is 0 Å². The van der Waals surface area contributed by atoms with E-state index in [-0.39, 0.29) is 10.8 Å². The number of hydrogen-bond donors (Lipinski definition) is 2. The first-order chi connectivity index (χ1) is 15.3. The number of nitrogens with zero attached hydrogens (tertiary/aromatic N) is 1. The number of ether oxygens (including phenoxy) is 1. The number of rotatable bonds is 9. The second-order valence-electron chi connectivity index (χ2n) is 8.44. The molecule has 0 bridgehead atoms. The second-order valence-corrected chi connectivity index (χ2v) is 10.1. The summed E-state index contributed by atoms with van der Waals surface area (Å²) in [5, 5.41) is 2.93. The molecule has 0 unspecified atom stereocenters. The number of carbonyl (C=O) groups excluding carboxylic acids is 1. The van der Waals surface area contributed by atoms with E-state index in [1.807, 2.05) is 0 Å². The van der Waals surface area contributed by atoms with Crippen molar-refractivity contribution in [2.24, 2.45) is 5.92 Å². The number of hydrogen-bond acceptors (Lipinski definition) is 5. The number of piperidine rings is 1. The lowest BCUT2D eigenvalue weighted by atomic mass is 9.99. The van der Waals surface area contributed by atoms with E-state index in [4.69, 9.17) is 4.74 Å². The quantitative estimate of drug-likeness (QED) is 0.559. The molecule has 8 heteroatoms. The lowest BCUT2D eigenvalue weighted by molar-refractivity contribution is 0.0949. The van der Waals surface area contributed by atoms with E-state index < -0.39 is 10.0 Å². The fourth-order valence-electron chi connectivity index (χ4n) is 3.77. The van der Waals surface area contributed by atoms with Gasteiger partial charge in [-0.25, -0.2) is 8.42 Å². The van der Waals surface area contributed by atoms with Crippen LogP contribution in [0.4, 0.5) is 5.69 Å². The highest BCUT2D eigenvalue weighted by molar-refractivity contribution is 7.92. The average molecular weight is 460 g/mol. The average Bonchev–Trinajstić information content (AvgIpc) is 2.78. The minimum absolute atomic E-state index is 0.0477. The maximum absolute atomic E-state index is 12.8. The van der Waals surface area contributed by atoms with E-state index in [1.165, 1.54) is 25.0 Å². The molecule has 1 saturated heterocycles. The standard InChI is InChI=1S/C24H33N3O4S/c1-18-11-15-27(16-12-18)14-4-13-25-24(28)23-17-22(10-5-19(23)2)32(29,30)26-20-6-8-21(31-3)9-7-20/h5-10,17-18,26H,4,11-16H2,1-3H3,(H,25,28). The molecule has 2 N–H and O–H groups in total. The first kappa shape index (κ1) is 24.1. The van der Waals surface area contributed by atoms with Crippen molar-refractivity contribution in [3.05, 3.63) is 53.6 Å². The van der Waals surface area contributed by atoms with Crippen molar-refractivity contribution >= 4 is 21.6 Å². The summed E-state index contributed by atoms with van der Waals surface area (Å²) in [4.78, 5) is 15.2. The number of sulfonamides is 1. The zero-order chi connectivity index (χ0) is 23.1. The molecule has 32 heavy (non-hydrogen) atoms. The number of anilines is 1. The van der Waals surface area contributed by atoms with Crippen molar-refractivity contribution in [2.75, 3.05) is 38.0 Å². The van der Waals surface area contributed by atoms with Gasteiger partial charge < -0.3 is 15.0 Å². The number of likely N-dealkylation sites (tertiary alicyclic amines) is 1. The van der Waals surface area contributed by atoms with Crippen molar-refractivity contribution < 1.29 is 17.9 Å². The first-order valence-electron chi connectivity index (χ1n) is 11.1. The normalized spacial score (nSPS) is 15.3.